The van der Waals surface area contributed by atoms with Crippen molar-refractivity contribution in [3.05, 3.63) is 0 Å². The van der Waals surface area contributed by atoms with E-state index in [9.17, 15) is 4.79 Å². The molecule has 2 unspecified atom stereocenters. The number of aliphatic carboxylic acids is 1. The molecule has 0 radical (unpaired) electrons. The molecule has 0 saturated carbocycles. The molecule has 0 aromatic rings. The molecule has 0 aromatic carbocycles. The molecule has 82 valence electrons. The zero-order valence-electron chi connectivity index (χ0n) is 7.93. The van der Waals surface area contributed by atoms with Crippen molar-refractivity contribution in [1.29, 1.82) is 0 Å². The van der Waals surface area contributed by atoms with Crippen LogP contribution in [0.15, 0.2) is 0 Å². The molecule has 6 heteroatoms. The van der Waals surface area contributed by atoms with E-state index in [2.05, 4.69) is 0 Å². The number of ether oxygens (including phenoxy) is 1. The minimum atomic E-state index is -1.02. The first-order chi connectivity index (χ1) is 6.65. The van der Waals surface area contributed by atoms with Crippen LogP contribution in [0.3, 0.4) is 0 Å². The maximum absolute atomic E-state index is 10.5. The van der Waals surface area contributed by atoms with Crippen molar-refractivity contribution in [3.63, 3.8) is 0 Å². The Morgan fingerprint density at radius 1 is 1.71 bits per heavy atom. The van der Waals surface area contributed by atoms with Gasteiger partial charge in [-0.1, -0.05) is 0 Å². The highest BCUT2D eigenvalue weighted by molar-refractivity contribution is 5.73. The molecule has 1 rings (SSSR count). The summed E-state index contributed by atoms with van der Waals surface area (Å²) in [6, 6.07) is -1.03. The van der Waals surface area contributed by atoms with Crippen LogP contribution in [0, 0.1) is 0 Å². The molecule has 2 atom stereocenters. The van der Waals surface area contributed by atoms with Gasteiger partial charge in [-0.05, 0) is 0 Å². The summed E-state index contributed by atoms with van der Waals surface area (Å²) < 4.78 is 5.16. The lowest BCUT2D eigenvalue weighted by atomic mass is 10.2. The molecular formula is C8H16N2O4. The van der Waals surface area contributed by atoms with E-state index < -0.39 is 12.0 Å². The first-order valence-electron chi connectivity index (χ1n) is 4.56. The highest BCUT2D eigenvalue weighted by Gasteiger charge is 2.25. The number of morpholine rings is 1. The molecule has 4 N–H and O–H groups in total. The van der Waals surface area contributed by atoms with Gasteiger partial charge in [-0.25, -0.2) is 0 Å². The number of nitrogens with two attached hydrogens (primary N) is 1. The van der Waals surface area contributed by atoms with Crippen LogP contribution in [0.2, 0.25) is 0 Å². The van der Waals surface area contributed by atoms with Crippen molar-refractivity contribution in [2.75, 3.05) is 32.9 Å². The van der Waals surface area contributed by atoms with Crippen LogP contribution in [0.1, 0.15) is 0 Å². The van der Waals surface area contributed by atoms with E-state index in [-0.39, 0.29) is 19.2 Å². The van der Waals surface area contributed by atoms with Gasteiger partial charge in [0.25, 0.3) is 0 Å². The van der Waals surface area contributed by atoms with E-state index in [1.807, 2.05) is 4.90 Å². The number of carboxylic acids is 1. The third-order valence-electron chi connectivity index (χ3n) is 2.31. The fraction of sp³-hybridized carbons (Fsp3) is 0.875. The molecule has 1 aliphatic heterocycles. The molecular weight excluding hydrogens is 188 g/mol. The van der Waals surface area contributed by atoms with Gasteiger partial charge in [-0.2, -0.15) is 0 Å². The van der Waals surface area contributed by atoms with Crippen molar-refractivity contribution < 1.29 is 19.7 Å². The van der Waals surface area contributed by atoms with E-state index in [4.69, 9.17) is 20.7 Å². The van der Waals surface area contributed by atoms with Crippen LogP contribution in [-0.4, -0.2) is 66.1 Å². The molecule has 6 nitrogen and oxygen atoms in total. The summed E-state index contributed by atoms with van der Waals surface area (Å²) in [4.78, 5) is 12.4. The largest absolute Gasteiger partial charge is 0.480 e. The Morgan fingerprint density at radius 2 is 2.43 bits per heavy atom. The molecule has 1 heterocycles. The lowest BCUT2D eigenvalue weighted by molar-refractivity contribution is -0.139. The smallest absolute Gasteiger partial charge is 0.321 e. The van der Waals surface area contributed by atoms with Gasteiger partial charge in [-0.15, -0.1) is 0 Å². The van der Waals surface area contributed by atoms with Crippen LogP contribution in [0.5, 0.6) is 0 Å². The molecule has 1 aliphatic rings. The van der Waals surface area contributed by atoms with Crippen LogP contribution in [-0.2, 0) is 9.53 Å². The summed E-state index contributed by atoms with van der Waals surface area (Å²) >= 11 is 0. The molecule has 1 fully saturated rings. The first kappa shape index (κ1) is 11.4. The predicted octanol–water partition coefficient (Wildman–Crippen LogP) is -1.91. The highest BCUT2D eigenvalue weighted by Crippen LogP contribution is 2.06. The topological polar surface area (TPSA) is 96.0 Å². The van der Waals surface area contributed by atoms with E-state index in [1.165, 1.54) is 0 Å². The van der Waals surface area contributed by atoms with Crippen molar-refractivity contribution in [1.82, 2.24) is 4.90 Å². The standard InChI is InChI=1S/C8H16N2O4/c9-7(8(12)13)3-10-1-2-14-5-6(10)4-11/h6-7,11H,1-5,9H2,(H,12,13). The summed E-state index contributed by atoms with van der Waals surface area (Å²) in [6.45, 7) is 1.83. The molecule has 1 saturated heterocycles. The summed E-state index contributed by atoms with van der Waals surface area (Å²) in [5.41, 5.74) is 5.40. The Kier molecular flexibility index (Phi) is 4.27. The predicted molar refractivity (Wildman–Crippen MR) is 48.9 cm³/mol. The Balaban J connectivity index is 2.44. The Labute approximate surface area is 82.3 Å². The average molecular weight is 204 g/mol. The van der Waals surface area contributed by atoms with Crippen LogP contribution < -0.4 is 5.73 Å². The number of hydrogen-bond acceptors (Lipinski definition) is 5. The van der Waals surface area contributed by atoms with Crippen molar-refractivity contribution in [2.24, 2.45) is 5.73 Å². The zero-order chi connectivity index (χ0) is 10.6. The maximum atomic E-state index is 10.5. The molecule has 0 amide bonds. The Morgan fingerprint density at radius 3 is 3.00 bits per heavy atom. The SMILES string of the molecule is NC(CN1CCOCC1CO)C(=O)O. The van der Waals surface area contributed by atoms with Gasteiger partial charge in [0.05, 0.1) is 25.9 Å². The van der Waals surface area contributed by atoms with Crippen molar-refractivity contribution >= 4 is 5.97 Å². The van der Waals surface area contributed by atoms with E-state index in [0.717, 1.165) is 0 Å². The van der Waals surface area contributed by atoms with Gasteiger partial charge < -0.3 is 20.7 Å². The van der Waals surface area contributed by atoms with Crippen LogP contribution in [0.4, 0.5) is 0 Å². The van der Waals surface area contributed by atoms with Gasteiger partial charge in [0.15, 0.2) is 0 Å². The third kappa shape index (κ3) is 2.91. The second-order valence-corrected chi connectivity index (χ2v) is 3.35. The Hall–Kier alpha value is -0.690. The fourth-order valence-electron chi connectivity index (χ4n) is 1.43. The molecule has 0 bridgehead atoms. The van der Waals surface area contributed by atoms with Gasteiger partial charge in [0.2, 0.25) is 0 Å². The number of aliphatic hydroxyl groups is 1. The summed E-state index contributed by atoms with van der Waals surface area (Å²) in [6.07, 6.45) is 0. The molecule has 0 aromatic heterocycles. The fourth-order valence-corrected chi connectivity index (χ4v) is 1.43. The maximum Gasteiger partial charge on any atom is 0.321 e. The van der Waals surface area contributed by atoms with Gasteiger partial charge >= 0.3 is 5.97 Å². The highest BCUT2D eigenvalue weighted by atomic mass is 16.5. The van der Waals surface area contributed by atoms with Gasteiger partial charge in [-0.3, -0.25) is 9.69 Å². The van der Waals surface area contributed by atoms with E-state index in [1.54, 1.807) is 0 Å². The molecule has 0 aliphatic carbocycles. The lowest BCUT2D eigenvalue weighted by Gasteiger charge is -2.35. The molecule has 0 spiro atoms. The minimum absolute atomic E-state index is 0.0354. The summed E-state index contributed by atoms with van der Waals surface area (Å²) in [5, 5.41) is 17.6. The van der Waals surface area contributed by atoms with Gasteiger partial charge in [0.1, 0.15) is 6.04 Å². The average Bonchev–Trinajstić information content (AvgIpc) is 2.18. The van der Waals surface area contributed by atoms with Crippen LogP contribution in [0.25, 0.3) is 0 Å². The molecule has 14 heavy (non-hydrogen) atoms. The van der Waals surface area contributed by atoms with E-state index >= 15 is 0 Å². The number of rotatable bonds is 4. The second kappa shape index (κ2) is 5.26. The normalized spacial score (nSPS) is 26.0. The number of nitrogens with zero attached hydrogens (tertiary/aromatic N) is 1. The Bertz CT molecular complexity index is 200. The van der Waals surface area contributed by atoms with Crippen molar-refractivity contribution in [2.45, 2.75) is 12.1 Å². The number of carbonyl (C=O) groups is 1. The van der Waals surface area contributed by atoms with Crippen molar-refractivity contribution in [3.8, 4) is 0 Å². The summed E-state index contributed by atoms with van der Waals surface area (Å²) in [5.74, 6) is -1.02. The number of aliphatic hydroxyl groups excluding tert-OH is 1. The monoisotopic (exact) mass is 204 g/mol. The number of hydrogen-bond donors (Lipinski definition) is 3. The second-order valence-electron chi connectivity index (χ2n) is 3.35. The van der Waals surface area contributed by atoms with Gasteiger partial charge in [0, 0.05) is 13.1 Å². The lowest BCUT2D eigenvalue weighted by Crippen LogP contribution is -2.53. The first-order valence-corrected chi connectivity index (χ1v) is 4.56. The van der Waals surface area contributed by atoms with E-state index in [0.29, 0.717) is 19.8 Å². The summed E-state index contributed by atoms with van der Waals surface area (Å²) in [7, 11) is 0. The van der Waals surface area contributed by atoms with Crippen LogP contribution >= 0.6 is 0 Å². The minimum Gasteiger partial charge on any atom is -0.480 e. The number of carboxylic acid groups (broad SMARTS) is 1. The zero-order valence-corrected chi connectivity index (χ0v) is 7.93. The third-order valence-corrected chi connectivity index (χ3v) is 2.31. The quantitative estimate of drug-likeness (QED) is 0.494.